The molecule has 1 aromatic rings. The molecule has 0 radical (unpaired) electrons. The highest BCUT2D eigenvalue weighted by molar-refractivity contribution is 14.0. The first-order valence-corrected chi connectivity index (χ1v) is 9.12. The van der Waals surface area contributed by atoms with Gasteiger partial charge in [0.05, 0.1) is 0 Å². The van der Waals surface area contributed by atoms with Crippen LogP contribution in [0.4, 0.5) is 4.39 Å². The summed E-state index contributed by atoms with van der Waals surface area (Å²) in [6.07, 6.45) is 6.03. The highest BCUT2D eigenvalue weighted by Crippen LogP contribution is 2.15. The van der Waals surface area contributed by atoms with Crippen molar-refractivity contribution in [3.8, 4) is 0 Å². The maximum absolute atomic E-state index is 12.9. The van der Waals surface area contributed by atoms with Crippen LogP contribution in [0.25, 0.3) is 0 Å². The minimum absolute atomic E-state index is 0. The fourth-order valence-corrected chi connectivity index (χ4v) is 3.18. The lowest BCUT2D eigenvalue weighted by atomic mass is 10.0. The van der Waals surface area contributed by atoms with Gasteiger partial charge in [0.15, 0.2) is 5.96 Å². The van der Waals surface area contributed by atoms with Crippen LogP contribution in [-0.4, -0.2) is 50.1 Å². The number of nitrogens with one attached hydrogen (secondary N) is 2. The molecule has 1 aliphatic heterocycles. The van der Waals surface area contributed by atoms with Crippen molar-refractivity contribution < 1.29 is 4.39 Å². The molecular weight excluding hydrogens is 430 g/mol. The van der Waals surface area contributed by atoms with Gasteiger partial charge < -0.3 is 15.5 Å². The fraction of sp³-hybridized carbons (Fsp3) is 0.632. The molecule has 0 aliphatic carbocycles. The number of aliphatic imine (C=N–C) groups is 1. The Morgan fingerprint density at radius 1 is 1.20 bits per heavy atom. The van der Waals surface area contributed by atoms with Gasteiger partial charge in [-0.25, -0.2) is 4.39 Å². The van der Waals surface area contributed by atoms with Crippen molar-refractivity contribution in [2.75, 3.05) is 33.2 Å². The Bertz CT molecular complexity index is 507. The van der Waals surface area contributed by atoms with Gasteiger partial charge in [-0.2, -0.15) is 0 Å². The second-order valence-electron chi connectivity index (χ2n) is 6.54. The van der Waals surface area contributed by atoms with Crippen molar-refractivity contribution in [2.45, 2.75) is 45.1 Å². The number of benzene rings is 1. The van der Waals surface area contributed by atoms with Crippen molar-refractivity contribution in [2.24, 2.45) is 4.99 Å². The zero-order valence-electron chi connectivity index (χ0n) is 15.4. The molecule has 25 heavy (non-hydrogen) atoms. The van der Waals surface area contributed by atoms with Gasteiger partial charge in [0.1, 0.15) is 5.82 Å². The summed E-state index contributed by atoms with van der Waals surface area (Å²) in [6.45, 7) is 6.45. The van der Waals surface area contributed by atoms with Crippen LogP contribution in [0.2, 0.25) is 0 Å². The molecule has 0 spiro atoms. The molecule has 2 rings (SSSR count). The maximum atomic E-state index is 12.9. The number of piperidine rings is 1. The molecule has 1 aromatic carbocycles. The quantitative estimate of drug-likeness (QED) is 0.283. The van der Waals surface area contributed by atoms with Crippen molar-refractivity contribution in [3.05, 3.63) is 35.6 Å². The van der Waals surface area contributed by atoms with Gasteiger partial charge in [-0.05, 0) is 56.8 Å². The lowest BCUT2D eigenvalue weighted by Gasteiger charge is -2.33. The van der Waals surface area contributed by atoms with E-state index in [2.05, 4.69) is 27.4 Å². The lowest BCUT2D eigenvalue weighted by molar-refractivity contribution is 0.159. The van der Waals surface area contributed by atoms with Crippen LogP contribution in [0.15, 0.2) is 29.3 Å². The second kappa shape index (κ2) is 12.5. The topological polar surface area (TPSA) is 39.7 Å². The summed E-state index contributed by atoms with van der Waals surface area (Å²) in [7, 11) is 1.79. The first kappa shape index (κ1) is 22.2. The number of nitrogens with zero attached hydrogens (tertiary/aromatic N) is 2. The molecule has 0 amide bonds. The molecule has 1 fully saturated rings. The third-order valence-electron chi connectivity index (χ3n) is 4.70. The van der Waals surface area contributed by atoms with E-state index in [1.54, 1.807) is 7.05 Å². The average molecular weight is 462 g/mol. The van der Waals surface area contributed by atoms with Gasteiger partial charge in [0, 0.05) is 32.7 Å². The van der Waals surface area contributed by atoms with Crippen LogP contribution in [0.3, 0.4) is 0 Å². The van der Waals surface area contributed by atoms with Crippen LogP contribution in [0, 0.1) is 5.82 Å². The molecular formula is C19H32FIN4. The van der Waals surface area contributed by atoms with E-state index in [9.17, 15) is 4.39 Å². The Kier molecular flexibility index (Phi) is 11.0. The first-order valence-electron chi connectivity index (χ1n) is 9.12. The summed E-state index contributed by atoms with van der Waals surface area (Å²) in [5, 5.41) is 6.68. The summed E-state index contributed by atoms with van der Waals surface area (Å²) in [4.78, 5) is 6.85. The van der Waals surface area contributed by atoms with Gasteiger partial charge in [0.2, 0.25) is 0 Å². The molecule has 1 aliphatic rings. The van der Waals surface area contributed by atoms with Gasteiger partial charge >= 0.3 is 0 Å². The summed E-state index contributed by atoms with van der Waals surface area (Å²) in [5.74, 6) is 0.649. The van der Waals surface area contributed by atoms with E-state index < -0.39 is 0 Å². The fourth-order valence-electron chi connectivity index (χ4n) is 3.18. The number of hydrogen-bond acceptors (Lipinski definition) is 2. The summed E-state index contributed by atoms with van der Waals surface area (Å²) >= 11 is 0. The molecule has 1 unspecified atom stereocenters. The smallest absolute Gasteiger partial charge is 0.190 e. The highest BCUT2D eigenvalue weighted by atomic mass is 127. The number of likely N-dealkylation sites (tertiary alicyclic amines) is 1. The molecule has 0 saturated carbocycles. The Morgan fingerprint density at radius 3 is 2.60 bits per heavy atom. The Hall–Kier alpha value is -0.890. The Balaban J connectivity index is 0.00000312. The predicted octanol–water partition coefficient (Wildman–Crippen LogP) is 3.42. The molecule has 6 heteroatoms. The largest absolute Gasteiger partial charge is 0.356 e. The van der Waals surface area contributed by atoms with Gasteiger partial charge in [-0.15, -0.1) is 24.0 Å². The lowest BCUT2D eigenvalue weighted by Crippen LogP contribution is -2.41. The Morgan fingerprint density at radius 2 is 1.92 bits per heavy atom. The summed E-state index contributed by atoms with van der Waals surface area (Å²) in [6, 6.07) is 7.39. The standard InChI is InChI=1S/C19H31FN4.HI/c1-16-6-3-4-14-24(16)15-5-12-22-19(21-2)23-13-11-17-7-9-18(20)10-8-17;/h7-10,16H,3-6,11-15H2,1-2H3,(H2,21,22,23);1H. The monoisotopic (exact) mass is 462 g/mol. The van der Waals surface area contributed by atoms with E-state index >= 15 is 0 Å². The van der Waals surface area contributed by atoms with Crippen molar-refractivity contribution in [1.82, 2.24) is 15.5 Å². The van der Waals surface area contributed by atoms with Crippen molar-refractivity contribution >= 4 is 29.9 Å². The second-order valence-corrected chi connectivity index (χ2v) is 6.54. The Labute approximate surface area is 168 Å². The van der Waals surface area contributed by atoms with E-state index in [4.69, 9.17) is 0 Å². The first-order chi connectivity index (χ1) is 11.7. The van der Waals surface area contributed by atoms with Gasteiger partial charge in [-0.1, -0.05) is 18.6 Å². The third kappa shape index (κ3) is 8.35. The van der Waals surface area contributed by atoms with Crippen LogP contribution in [0.1, 0.15) is 38.2 Å². The summed E-state index contributed by atoms with van der Waals surface area (Å²) < 4.78 is 12.9. The molecule has 0 bridgehead atoms. The number of rotatable bonds is 7. The predicted molar refractivity (Wildman–Crippen MR) is 114 cm³/mol. The maximum Gasteiger partial charge on any atom is 0.190 e. The minimum Gasteiger partial charge on any atom is -0.356 e. The SMILES string of the molecule is CN=C(NCCCN1CCCCC1C)NCCc1ccc(F)cc1.I. The van der Waals surface area contributed by atoms with Crippen molar-refractivity contribution in [1.29, 1.82) is 0 Å². The average Bonchev–Trinajstić information content (AvgIpc) is 2.60. The zero-order chi connectivity index (χ0) is 17.2. The van der Waals surface area contributed by atoms with E-state index in [-0.39, 0.29) is 29.8 Å². The van der Waals surface area contributed by atoms with E-state index in [1.807, 2.05) is 12.1 Å². The van der Waals surface area contributed by atoms with Crippen LogP contribution < -0.4 is 10.6 Å². The molecule has 0 aromatic heterocycles. The summed E-state index contributed by atoms with van der Waals surface area (Å²) in [5.41, 5.74) is 1.12. The van der Waals surface area contributed by atoms with Crippen LogP contribution in [0.5, 0.6) is 0 Å². The van der Waals surface area contributed by atoms with Gasteiger partial charge in [-0.3, -0.25) is 4.99 Å². The van der Waals surface area contributed by atoms with Crippen LogP contribution in [-0.2, 0) is 6.42 Å². The molecule has 2 N–H and O–H groups in total. The zero-order valence-corrected chi connectivity index (χ0v) is 17.8. The van der Waals surface area contributed by atoms with Gasteiger partial charge in [0.25, 0.3) is 0 Å². The molecule has 142 valence electrons. The van der Waals surface area contributed by atoms with E-state index in [1.165, 1.54) is 37.9 Å². The van der Waals surface area contributed by atoms with E-state index in [0.717, 1.165) is 50.0 Å². The number of guanidine groups is 1. The van der Waals surface area contributed by atoms with Crippen LogP contribution >= 0.6 is 24.0 Å². The molecule has 1 atom stereocenters. The number of halogens is 2. The minimum atomic E-state index is -0.188. The molecule has 4 nitrogen and oxygen atoms in total. The van der Waals surface area contributed by atoms with Crippen molar-refractivity contribution in [3.63, 3.8) is 0 Å². The molecule has 1 saturated heterocycles. The number of hydrogen-bond donors (Lipinski definition) is 2. The normalized spacial score (nSPS) is 18.5. The van der Waals surface area contributed by atoms with E-state index in [0.29, 0.717) is 0 Å². The highest BCUT2D eigenvalue weighted by Gasteiger charge is 2.16. The third-order valence-corrected chi connectivity index (χ3v) is 4.70. The molecule has 1 heterocycles.